The Labute approximate surface area is 221 Å². The number of rotatable bonds is 7. The van der Waals surface area contributed by atoms with Gasteiger partial charge in [0, 0.05) is 5.56 Å². The Bertz CT molecular complexity index is 1600. The number of halogens is 1. The average molecular weight is 535 g/mol. The van der Waals surface area contributed by atoms with Crippen LogP contribution in [-0.2, 0) is 9.59 Å². The maximum Gasteiger partial charge on any atom is 0.301 e. The lowest BCUT2D eigenvalue weighted by atomic mass is 9.95. The van der Waals surface area contributed by atoms with Crippen molar-refractivity contribution < 1.29 is 33.3 Å². The van der Waals surface area contributed by atoms with Gasteiger partial charge in [-0.15, -0.1) is 0 Å². The fraction of sp³-hybridized carbons (Fsp3) is 0.179. The number of amides is 1. The molecule has 0 bridgehead atoms. The Balaban J connectivity index is 1.73. The molecule has 0 radical (unpaired) electrons. The first-order chi connectivity index (χ1) is 18.4. The summed E-state index contributed by atoms with van der Waals surface area (Å²) in [6, 6.07) is 14.7. The molecule has 1 atom stereocenters. The number of Topliss-reactive ketones (excluding diaryl/α,β-unsaturated/α-hetero) is 1. The predicted octanol–water partition coefficient (Wildman–Crippen LogP) is 5.48. The van der Waals surface area contributed by atoms with Gasteiger partial charge in [0.25, 0.3) is 5.78 Å². The summed E-state index contributed by atoms with van der Waals surface area (Å²) in [4.78, 5) is 32.7. The molecule has 1 aliphatic rings. The highest BCUT2D eigenvalue weighted by Crippen LogP contribution is 2.46. The molecule has 0 aliphatic carbocycles. The molecule has 1 saturated heterocycles. The van der Waals surface area contributed by atoms with E-state index in [9.17, 15) is 19.1 Å². The Morgan fingerprint density at radius 3 is 2.58 bits per heavy atom. The largest absolute Gasteiger partial charge is 0.507 e. The third-order valence-corrected chi connectivity index (χ3v) is 7.15. The number of ether oxygens (including phenoxy) is 3. The molecule has 1 aromatic heterocycles. The number of hydrogen-bond acceptors (Lipinski definition) is 8. The number of hydrogen-bond donors (Lipinski definition) is 1. The van der Waals surface area contributed by atoms with Crippen LogP contribution < -0.4 is 19.1 Å². The van der Waals surface area contributed by atoms with Crippen molar-refractivity contribution in [2.24, 2.45) is 0 Å². The van der Waals surface area contributed by atoms with Crippen LogP contribution in [0.25, 0.3) is 16.0 Å². The van der Waals surface area contributed by atoms with Crippen molar-refractivity contribution in [2.45, 2.75) is 13.0 Å². The van der Waals surface area contributed by atoms with Crippen LogP contribution in [0.15, 0.2) is 66.2 Å². The summed E-state index contributed by atoms with van der Waals surface area (Å²) < 4.78 is 30.7. The topological polar surface area (TPSA) is 98.2 Å². The van der Waals surface area contributed by atoms with E-state index < -0.39 is 23.5 Å². The van der Waals surface area contributed by atoms with Crippen molar-refractivity contribution in [3.8, 4) is 17.2 Å². The van der Waals surface area contributed by atoms with E-state index in [-0.39, 0.29) is 16.5 Å². The van der Waals surface area contributed by atoms with Crippen LogP contribution in [-0.4, -0.2) is 42.6 Å². The van der Waals surface area contributed by atoms with Crippen LogP contribution in [0.4, 0.5) is 9.52 Å². The monoisotopic (exact) mass is 534 g/mol. The van der Waals surface area contributed by atoms with Gasteiger partial charge in [-0.05, 0) is 55.0 Å². The number of fused-ring (bicyclic) bond motifs is 1. The first kappa shape index (κ1) is 25.2. The molecule has 3 aromatic carbocycles. The summed E-state index contributed by atoms with van der Waals surface area (Å²) in [7, 11) is 2.97. The lowest BCUT2D eigenvalue weighted by molar-refractivity contribution is -0.132. The Morgan fingerprint density at radius 1 is 1.05 bits per heavy atom. The van der Waals surface area contributed by atoms with Gasteiger partial charge in [-0.25, -0.2) is 9.37 Å². The number of aliphatic hydroxyl groups is 1. The Kier molecular flexibility index (Phi) is 6.73. The molecule has 8 nitrogen and oxygen atoms in total. The van der Waals surface area contributed by atoms with E-state index in [1.54, 1.807) is 42.5 Å². The van der Waals surface area contributed by atoms with Crippen molar-refractivity contribution in [2.75, 3.05) is 25.7 Å². The third-order valence-electron chi connectivity index (χ3n) is 6.13. The number of benzene rings is 3. The predicted molar refractivity (Wildman–Crippen MR) is 142 cm³/mol. The molecule has 1 unspecified atom stereocenters. The molecule has 2 heterocycles. The van der Waals surface area contributed by atoms with E-state index in [0.29, 0.717) is 45.2 Å². The van der Waals surface area contributed by atoms with E-state index in [0.717, 1.165) is 11.3 Å². The number of aliphatic hydroxyl groups excluding tert-OH is 1. The number of anilines is 1. The van der Waals surface area contributed by atoms with Crippen molar-refractivity contribution in [3.05, 3.63) is 83.2 Å². The van der Waals surface area contributed by atoms with Gasteiger partial charge < -0.3 is 19.3 Å². The molecule has 0 spiro atoms. The second kappa shape index (κ2) is 10.1. The van der Waals surface area contributed by atoms with Crippen molar-refractivity contribution in [3.63, 3.8) is 0 Å². The minimum atomic E-state index is -1.05. The minimum Gasteiger partial charge on any atom is -0.507 e. The first-order valence-corrected chi connectivity index (χ1v) is 12.5. The van der Waals surface area contributed by atoms with Gasteiger partial charge >= 0.3 is 5.91 Å². The number of methoxy groups -OCH3 is 2. The van der Waals surface area contributed by atoms with E-state index in [1.807, 2.05) is 6.92 Å². The lowest BCUT2D eigenvalue weighted by Gasteiger charge is -2.23. The van der Waals surface area contributed by atoms with Crippen molar-refractivity contribution in [1.82, 2.24) is 4.98 Å². The van der Waals surface area contributed by atoms with Gasteiger partial charge in [-0.1, -0.05) is 29.5 Å². The molecular formula is C28H23FN2O6S. The van der Waals surface area contributed by atoms with Crippen molar-refractivity contribution in [1.29, 1.82) is 0 Å². The Morgan fingerprint density at radius 2 is 1.84 bits per heavy atom. The average Bonchev–Trinajstić information content (AvgIpc) is 3.45. The lowest BCUT2D eigenvalue weighted by Crippen LogP contribution is -2.29. The quantitative estimate of drug-likeness (QED) is 0.191. The van der Waals surface area contributed by atoms with Crippen LogP contribution in [0.1, 0.15) is 24.1 Å². The number of thiazole rings is 1. The summed E-state index contributed by atoms with van der Waals surface area (Å²) in [6.07, 6.45) is 0. The molecule has 5 rings (SSSR count). The summed E-state index contributed by atoms with van der Waals surface area (Å²) in [6.45, 7) is 2.25. The van der Waals surface area contributed by atoms with Crippen LogP contribution in [0, 0.1) is 5.82 Å². The molecule has 1 fully saturated rings. The molecule has 1 amide bonds. The molecule has 0 saturated carbocycles. The summed E-state index contributed by atoms with van der Waals surface area (Å²) in [5, 5.41) is 11.6. The van der Waals surface area contributed by atoms with E-state index in [4.69, 9.17) is 14.2 Å². The highest BCUT2D eigenvalue weighted by atomic mass is 32.1. The second-order valence-electron chi connectivity index (χ2n) is 8.35. The SMILES string of the molecule is CCOc1cccc(C(O)=C2C(=O)C(=O)N(c3nc4ccc(F)cc4s3)C2c2ccc(OC)c(OC)c2)c1. The highest BCUT2D eigenvalue weighted by Gasteiger charge is 2.48. The van der Waals surface area contributed by atoms with E-state index in [1.165, 1.54) is 37.3 Å². The van der Waals surface area contributed by atoms with Gasteiger partial charge in [-0.2, -0.15) is 0 Å². The number of aromatic nitrogens is 1. The summed E-state index contributed by atoms with van der Waals surface area (Å²) in [5.74, 6) is -1.23. The van der Waals surface area contributed by atoms with Crippen molar-refractivity contribution >= 4 is 44.1 Å². The molecule has 38 heavy (non-hydrogen) atoms. The number of carbonyl (C=O) groups excluding carboxylic acids is 2. The molecule has 4 aromatic rings. The van der Waals surface area contributed by atoms with Gasteiger partial charge in [0.2, 0.25) is 0 Å². The Hall–Kier alpha value is -4.44. The van der Waals surface area contributed by atoms with Crippen LogP contribution in [0.5, 0.6) is 17.2 Å². The standard InChI is InChI=1S/C28H23FN2O6S/c1-4-37-18-7-5-6-16(12-18)25(32)23-24(15-8-11-20(35-2)21(13-15)36-3)31(27(34)26(23)33)28-30-19-10-9-17(29)14-22(19)38-28/h5-14,24,32H,4H2,1-3H3. The number of ketones is 1. The van der Waals surface area contributed by atoms with E-state index in [2.05, 4.69) is 4.98 Å². The zero-order valence-electron chi connectivity index (χ0n) is 20.7. The molecule has 1 N–H and O–H groups in total. The molecule has 1 aliphatic heterocycles. The normalized spacial score (nSPS) is 16.7. The third kappa shape index (κ3) is 4.32. The smallest absolute Gasteiger partial charge is 0.301 e. The highest BCUT2D eigenvalue weighted by molar-refractivity contribution is 7.22. The van der Waals surface area contributed by atoms with Gasteiger partial charge in [0.05, 0.1) is 42.7 Å². The molecule has 194 valence electrons. The molecule has 10 heteroatoms. The van der Waals surface area contributed by atoms with E-state index >= 15 is 0 Å². The maximum atomic E-state index is 13.9. The minimum absolute atomic E-state index is 0.124. The molecular weight excluding hydrogens is 511 g/mol. The zero-order chi connectivity index (χ0) is 27.0. The fourth-order valence-corrected chi connectivity index (χ4v) is 5.43. The summed E-state index contributed by atoms with van der Waals surface area (Å²) >= 11 is 1.07. The zero-order valence-corrected chi connectivity index (χ0v) is 21.5. The van der Waals surface area contributed by atoms with Gasteiger partial charge in [0.15, 0.2) is 16.6 Å². The summed E-state index contributed by atoms with van der Waals surface area (Å²) in [5.41, 5.74) is 1.14. The van der Waals surface area contributed by atoms with Gasteiger partial charge in [-0.3, -0.25) is 14.5 Å². The fourth-order valence-electron chi connectivity index (χ4n) is 4.41. The number of carbonyl (C=O) groups is 2. The first-order valence-electron chi connectivity index (χ1n) is 11.7. The van der Waals surface area contributed by atoms with Crippen LogP contribution >= 0.6 is 11.3 Å². The maximum absolute atomic E-state index is 13.9. The second-order valence-corrected chi connectivity index (χ2v) is 9.36. The van der Waals surface area contributed by atoms with Crippen LogP contribution in [0.2, 0.25) is 0 Å². The number of nitrogens with zero attached hydrogens (tertiary/aromatic N) is 2. The van der Waals surface area contributed by atoms with Gasteiger partial charge in [0.1, 0.15) is 17.3 Å². The van der Waals surface area contributed by atoms with Crippen LogP contribution in [0.3, 0.4) is 0 Å².